The van der Waals surface area contributed by atoms with Crippen molar-refractivity contribution in [1.82, 2.24) is 0 Å². The van der Waals surface area contributed by atoms with Gasteiger partial charge in [-0.2, -0.15) is 0 Å². The molecule has 0 bridgehead atoms. The van der Waals surface area contributed by atoms with Crippen molar-refractivity contribution in [2.75, 3.05) is 0 Å². The largest absolute Gasteiger partial charge is 0.0991 e. The maximum atomic E-state index is 3.62. The van der Waals surface area contributed by atoms with Gasteiger partial charge in [-0.15, -0.1) is 0 Å². The van der Waals surface area contributed by atoms with Crippen molar-refractivity contribution < 1.29 is 0 Å². The predicted molar refractivity (Wildman–Crippen MR) is 84.5 cm³/mol. The standard InChI is InChI=1S/C11H12.3C2H6/c1-3-4-8-11-9-6-5-7-10(11)2;3*1-2/h3-9H,1H2,2H3;3*1-2H3/b8-4-;;;. The summed E-state index contributed by atoms with van der Waals surface area (Å²) in [5.41, 5.74) is 2.55. The van der Waals surface area contributed by atoms with E-state index >= 15 is 0 Å². The summed E-state index contributed by atoms with van der Waals surface area (Å²) in [5, 5.41) is 0. The minimum Gasteiger partial charge on any atom is -0.0991 e. The van der Waals surface area contributed by atoms with Crippen LogP contribution in [0.4, 0.5) is 0 Å². The van der Waals surface area contributed by atoms with Crippen LogP contribution in [0.1, 0.15) is 52.7 Å². The Bertz CT molecular complexity index is 269. The highest BCUT2D eigenvalue weighted by atomic mass is 13.9. The van der Waals surface area contributed by atoms with Gasteiger partial charge in [0.15, 0.2) is 0 Å². The van der Waals surface area contributed by atoms with Crippen LogP contribution >= 0.6 is 0 Å². The van der Waals surface area contributed by atoms with E-state index in [0.29, 0.717) is 0 Å². The maximum Gasteiger partial charge on any atom is -0.0227 e. The van der Waals surface area contributed by atoms with Gasteiger partial charge >= 0.3 is 0 Å². The summed E-state index contributed by atoms with van der Waals surface area (Å²) < 4.78 is 0. The zero-order valence-electron chi connectivity index (χ0n) is 12.7. The Hall–Kier alpha value is -1.30. The molecule has 0 aliphatic rings. The fourth-order valence-corrected chi connectivity index (χ4v) is 0.945. The molecule has 0 aliphatic heterocycles. The van der Waals surface area contributed by atoms with Crippen molar-refractivity contribution in [2.45, 2.75) is 48.5 Å². The van der Waals surface area contributed by atoms with Gasteiger partial charge in [-0.1, -0.05) is 90.6 Å². The van der Waals surface area contributed by atoms with Crippen LogP contribution in [0.25, 0.3) is 6.08 Å². The van der Waals surface area contributed by atoms with Gasteiger partial charge in [0.2, 0.25) is 0 Å². The molecule has 98 valence electrons. The molecule has 0 saturated carbocycles. The fraction of sp³-hybridized carbons (Fsp3) is 0.412. The Morgan fingerprint density at radius 2 is 1.35 bits per heavy atom. The molecule has 0 aliphatic carbocycles. The first kappa shape index (κ1) is 21.0. The lowest BCUT2D eigenvalue weighted by atomic mass is 10.1. The van der Waals surface area contributed by atoms with Crippen molar-refractivity contribution >= 4 is 6.08 Å². The molecule has 0 saturated heterocycles. The van der Waals surface area contributed by atoms with E-state index in [9.17, 15) is 0 Å². The van der Waals surface area contributed by atoms with E-state index in [4.69, 9.17) is 0 Å². The van der Waals surface area contributed by atoms with Crippen molar-refractivity contribution in [2.24, 2.45) is 0 Å². The molecule has 0 spiro atoms. The number of hydrogen-bond acceptors (Lipinski definition) is 0. The van der Waals surface area contributed by atoms with Crippen LogP contribution in [0.15, 0.2) is 43.0 Å². The van der Waals surface area contributed by atoms with Crippen molar-refractivity contribution in [3.63, 3.8) is 0 Å². The second-order valence-corrected chi connectivity index (χ2v) is 2.45. The summed E-state index contributed by atoms with van der Waals surface area (Å²) in [4.78, 5) is 0. The van der Waals surface area contributed by atoms with E-state index in [1.165, 1.54) is 11.1 Å². The second kappa shape index (κ2) is 20.2. The van der Waals surface area contributed by atoms with Gasteiger partial charge in [0.1, 0.15) is 0 Å². The third-order valence-electron chi connectivity index (χ3n) is 1.60. The zero-order chi connectivity index (χ0) is 14.1. The first-order valence-corrected chi connectivity index (χ1v) is 6.69. The number of allylic oxidation sites excluding steroid dienone is 2. The Morgan fingerprint density at radius 1 is 0.882 bits per heavy atom. The van der Waals surface area contributed by atoms with Crippen molar-refractivity contribution in [1.29, 1.82) is 0 Å². The maximum absolute atomic E-state index is 3.62. The molecule has 0 unspecified atom stereocenters. The van der Waals surface area contributed by atoms with E-state index in [-0.39, 0.29) is 0 Å². The van der Waals surface area contributed by atoms with Gasteiger partial charge in [-0.3, -0.25) is 0 Å². The minimum atomic E-state index is 1.26. The molecule has 1 rings (SSSR count). The van der Waals surface area contributed by atoms with Crippen LogP contribution in [0.3, 0.4) is 0 Å². The van der Waals surface area contributed by atoms with Crippen LogP contribution in [0.2, 0.25) is 0 Å². The number of hydrogen-bond donors (Lipinski definition) is 0. The highest BCUT2D eigenvalue weighted by Crippen LogP contribution is 2.08. The summed E-state index contributed by atoms with van der Waals surface area (Å²) in [6, 6.07) is 8.27. The molecule has 0 heteroatoms. The number of aryl methyl sites for hydroxylation is 1. The van der Waals surface area contributed by atoms with Gasteiger partial charge in [0.25, 0.3) is 0 Å². The highest BCUT2D eigenvalue weighted by Gasteiger charge is 1.88. The molecule has 0 atom stereocenters. The first-order chi connectivity index (χ1) is 8.34. The number of benzene rings is 1. The summed E-state index contributed by atoms with van der Waals surface area (Å²) in [7, 11) is 0. The average molecular weight is 234 g/mol. The van der Waals surface area contributed by atoms with E-state index in [1.807, 2.05) is 59.8 Å². The SMILES string of the molecule is C=C/C=C\c1ccccc1C.CC.CC.CC. The van der Waals surface area contributed by atoms with Crippen LogP contribution in [-0.4, -0.2) is 0 Å². The molecule has 0 N–H and O–H groups in total. The summed E-state index contributed by atoms with van der Waals surface area (Å²) >= 11 is 0. The second-order valence-electron chi connectivity index (χ2n) is 2.45. The summed E-state index contributed by atoms with van der Waals surface area (Å²) in [5.74, 6) is 0. The zero-order valence-corrected chi connectivity index (χ0v) is 12.7. The lowest BCUT2D eigenvalue weighted by molar-refractivity contribution is 1.44. The highest BCUT2D eigenvalue weighted by molar-refractivity contribution is 5.54. The Morgan fingerprint density at radius 3 is 1.76 bits per heavy atom. The molecule has 0 amide bonds. The third kappa shape index (κ3) is 12.6. The summed E-state index contributed by atoms with van der Waals surface area (Å²) in [6.45, 7) is 17.7. The van der Waals surface area contributed by atoms with Crippen LogP contribution < -0.4 is 0 Å². The van der Waals surface area contributed by atoms with Gasteiger partial charge in [0.05, 0.1) is 0 Å². The minimum absolute atomic E-state index is 1.26. The fourth-order valence-electron chi connectivity index (χ4n) is 0.945. The smallest absolute Gasteiger partial charge is 0.0227 e. The van der Waals surface area contributed by atoms with E-state index in [2.05, 4.69) is 31.7 Å². The van der Waals surface area contributed by atoms with Crippen LogP contribution in [-0.2, 0) is 0 Å². The van der Waals surface area contributed by atoms with Crippen LogP contribution in [0.5, 0.6) is 0 Å². The molecule has 0 radical (unpaired) electrons. The van der Waals surface area contributed by atoms with E-state index in [0.717, 1.165) is 0 Å². The lowest BCUT2D eigenvalue weighted by Crippen LogP contribution is -1.76. The molecule has 1 aromatic carbocycles. The monoisotopic (exact) mass is 234 g/mol. The molecule has 0 nitrogen and oxygen atoms in total. The molecule has 17 heavy (non-hydrogen) atoms. The average Bonchev–Trinajstić information content (AvgIpc) is 2.45. The van der Waals surface area contributed by atoms with E-state index < -0.39 is 0 Å². The van der Waals surface area contributed by atoms with Crippen LogP contribution in [0, 0.1) is 6.92 Å². The Kier molecular flexibility index (Phi) is 24.9. The van der Waals surface area contributed by atoms with Crippen molar-refractivity contribution in [3.05, 3.63) is 54.1 Å². The number of rotatable bonds is 2. The van der Waals surface area contributed by atoms with E-state index in [1.54, 1.807) is 6.08 Å². The predicted octanol–water partition coefficient (Wildman–Crippen LogP) is 6.27. The lowest BCUT2D eigenvalue weighted by Gasteiger charge is -1.96. The molecule has 0 fully saturated rings. The molecule has 1 aromatic rings. The molecular weight excluding hydrogens is 204 g/mol. The van der Waals surface area contributed by atoms with Crippen molar-refractivity contribution in [3.8, 4) is 0 Å². The summed E-state index contributed by atoms with van der Waals surface area (Å²) in [6.07, 6.45) is 5.79. The van der Waals surface area contributed by atoms with Gasteiger partial charge in [-0.05, 0) is 18.1 Å². The molecule has 0 heterocycles. The first-order valence-electron chi connectivity index (χ1n) is 6.69. The van der Waals surface area contributed by atoms with Gasteiger partial charge < -0.3 is 0 Å². The topological polar surface area (TPSA) is 0 Å². The van der Waals surface area contributed by atoms with Gasteiger partial charge in [-0.25, -0.2) is 0 Å². The quantitative estimate of drug-likeness (QED) is 0.529. The Balaban J connectivity index is -0.000000285. The Labute approximate surface area is 109 Å². The van der Waals surface area contributed by atoms with Gasteiger partial charge in [0, 0.05) is 0 Å². The third-order valence-corrected chi connectivity index (χ3v) is 1.60. The molecular formula is C17H30. The molecule has 0 aromatic heterocycles. The normalized spacial score (nSPS) is 7.71.